The molecule has 2 nitrogen and oxygen atoms in total. The highest BCUT2D eigenvalue weighted by atomic mass is 35.5. The Balaban J connectivity index is 2.01. The van der Waals surface area contributed by atoms with Crippen LogP contribution in [0.5, 0.6) is 0 Å². The fourth-order valence-corrected chi connectivity index (χ4v) is 2.57. The number of carbonyl (C=O) groups excluding carboxylic acids is 1. The Kier molecular flexibility index (Phi) is 2.79. The molecule has 1 aliphatic rings. The molecule has 0 radical (unpaired) electrons. The molecule has 1 N–H and O–H groups in total. The largest absolute Gasteiger partial charge is 0.345 e. The average molecular weight is 230 g/mol. The molecule has 1 aromatic rings. The van der Waals surface area contributed by atoms with Crippen LogP contribution in [0.15, 0.2) is 16.8 Å². The van der Waals surface area contributed by atoms with Gasteiger partial charge < -0.3 is 5.32 Å². The van der Waals surface area contributed by atoms with E-state index < -0.39 is 0 Å². The van der Waals surface area contributed by atoms with Crippen molar-refractivity contribution in [3.63, 3.8) is 0 Å². The highest BCUT2D eigenvalue weighted by Gasteiger charge is 2.37. The van der Waals surface area contributed by atoms with Crippen molar-refractivity contribution in [3.05, 3.63) is 22.4 Å². The molecule has 76 valence electrons. The summed E-state index contributed by atoms with van der Waals surface area (Å²) in [6, 6.07) is 1.83. The van der Waals surface area contributed by atoms with Crippen LogP contribution in [-0.4, -0.2) is 17.3 Å². The zero-order chi connectivity index (χ0) is 10.0. The summed E-state index contributed by atoms with van der Waals surface area (Å²) in [4.78, 5) is 11.7. The van der Waals surface area contributed by atoms with E-state index >= 15 is 0 Å². The first kappa shape index (κ1) is 9.99. The minimum Gasteiger partial charge on any atom is -0.345 e. The summed E-state index contributed by atoms with van der Waals surface area (Å²) in [5.74, 6) is 0.523. The highest BCUT2D eigenvalue weighted by Crippen LogP contribution is 2.33. The first-order chi connectivity index (χ1) is 6.76. The van der Waals surface area contributed by atoms with Crippen LogP contribution in [0, 0.1) is 0 Å². The molecular weight excluding hydrogens is 218 g/mol. The molecule has 0 saturated heterocycles. The van der Waals surface area contributed by atoms with Gasteiger partial charge in [0.25, 0.3) is 5.91 Å². The highest BCUT2D eigenvalue weighted by molar-refractivity contribution is 7.08. The third-order valence-electron chi connectivity index (χ3n) is 2.73. The van der Waals surface area contributed by atoms with Crippen LogP contribution in [-0.2, 0) is 0 Å². The van der Waals surface area contributed by atoms with E-state index in [1.165, 1.54) is 11.3 Å². The fraction of sp³-hybridized carbons (Fsp3) is 0.500. The second-order valence-corrected chi connectivity index (χ2v) is 4.78. The van der Waals surface area contributed by atoms with E-state index in [4.69, 9.17) is 11.6 Å². The van der Waals surface area contributed by atoms with Crippen LogP contribution >= 0.6 is 22.9 Å². The number of thiophene rings is 1. The Morgan fingerprint density at radius 3 is 2.86 bits per heavy atom. The summed E-state index contributed by atoms with van der Waals surface area (Å²) in [5, 5.41) is 6.78. The number of rotatable bonds is 3. The second kappa shape index (κ2) is 3.91. The first-order valence-electron chi connectivity index (χ1n) is 4.66. The minimum absolute atomic E-state index is 0.00611. The van der Waals surface area contributed by atoms with Gasteiger partial charge in [-0.15, -0.1) is 11.6 Å². The molecule has 0 bridgehead atoms. The number of amides is 1. The lowest BCUT2D eigenvalue weighted by Crippen LogP contribution is -2.54. The van der Waals surface area contributed by atoms with Crippen molar-refractivity contribution in [2.24, 2.45) is 0 Å². The van der Waals surface area contributed by atoms with Crippen LogP contribution in [0.2, 0.25) is 0 Å². The zero-order valence-electron chi connectivity index (χ0n) is 7.75. The summed E-state index contributed by atoms with van der Waals surface area (Å²) in [5.41, 5.74) is 0.618. The SMILES string of the molecule is O=C(NC1(CCl)CCC1)c1ccsc1. The van der Waals surface area contributed by atoms with Crippen molar-refractivity contribution in [1.29, 1.82) is 0 Å². The molecule has 14 heavy (non-hydrogen) atoms. The zero-order valence-corrected chi connectivity index (χ0v) is 9.33. The average Bonchev–Trinajstić information content (AvgIpc) is 2.63. The van der Waals surface area contributed by atoms with Crippen molar-refractivity contribution >= 4 is 28.8 Å². The first-order valence-corrected chi connectivity index (χ1v) is 6.14. The Bertz CT molecular complexity index is 313. The molecule has 4 heteroatoms. The second-order valence-electron chi connectivity index (χ2n) is 3.73. The predicted octanol–water partition coefficient (Wildman–Crippen LogP) is 2.64. The molecule has 0 aliphatic heterocycles. The maximum Gasteiger partial charge on any atom is 0.252 e. The lowest BCUT2D eigenvalue weighted by molar-refractivity contribution is 0.0854. The van der Waals surface area contributed by atoms with Gasteiger partial charge in [-0.2, -0.15) is 11.3 Å². The van der Waals surface area contributed by atoms with Gasteiger partial charge in [0, 0.05) is 11.3 Å². The van der Waals surface area contributed by atoms with Crippen LogP contribution in [0.4, 0.5) is 0 Å². The number of hydrogen-bond donors (Lipinski definition) is 1. The summed E-state index contributed by atoms with van der Waals surface area (Å²) in [6.07, 6.45) is 3.18. The van der Waals surface area contributed by atoms with Gasteiger partial charge in [-0.1, -0.05) is 0 Å². The number of carbonyl (C=O) groups is 1. The Morgan fingerprint density at radius 2 is 2.43 bits per heavy atom. The predicted molar refractivity (Wildman–Crippen MR) is 59.1 cm³/mol. The Hall–Kier alpha value is -0.540. The lowest BCUT2D eigenvalue weighted by Gasteiger charge is -2.40. The van der Waals surface area contributed by atoms with E-state index in [-0.39, 0.29) is 11.4 Å². The van der Waals surface area contributed by atoms with Gasteiger partial charge in [0.2, 0.25) is 0 Å². The Morgan fingerprint density at radius 1 is 1.64 bits per heavy atom. The fourth-order valence-electron chi connectivity index (χ4n) is 1.60. The summed E-state index contributed by atoms with van der Waals surface area (Å²) in [7, 11) is 0. The van der Waals surface area contributed by atoms with Crippen LogP contribution < -0.4 is 5.32 Å². The maximum atomic E-state index is 11.7. The molecule has 1 fully saturated rings. The van der Waals surface area contributed by atoms with Crippen molar-refractivity contribution < 1.29 is 4.79 Å². The molecule has 1 saturated carbocycles. The van der Waals surface area contributed by atoms with Gasteiger partial charge in [-0.05, 0) is 30.7 Å². The van der Waals surface area contributed by atoms with Gasteiger partial charge >= 0.3 is 0 Å². The quantitative estimate of drug-likeness (QED) is 0.794. The van der Waals surface area contributed by atoms with Gasteiger partial charge in [0.15, 0.2) is 0 Å². The van der Waals surface area contributed by atoms with Gasteiger partial charge in [0.1, 0.15) is 0 Å². The van der Waals surface area contributed by atoms with E-state index in [1.807, 2.05) is 16.8 Å². The number of nitrogens with one attached hydrogen (secondary N) is 1. The normalized spacial score (nSPS) is 18.6. The molecule has 2 rings (SSSR count). The summed E-state index contributed by atoms with van der Waals surface area (Å²) >= 11 is 7.39. The summed E-state index contributed by atoms with van der Waals surface area (Å²) < 4.78 is 0. The molecule has 1 heterocycles. The van der Waals surface area contributed by atoms with E-state index in [9.17, 15) is 4.79 Å². The maximum absolute atomic E-state index is 11.7. The van der Waals surface area contributed by atoms with Crippen molar-refractivity contribution in [2.75, 3.05) is 5.88 Å². The summed E-state index contributed by atoms with van der Waals surface area (Å²) in [6.45, 7) is 0. The minimum atomic E-state index is -0.124. The molecule has 0 atom stereocenters. The molecule has 1 aliphatic carbocycles. The van der Waals surface area contributed by atoms with Crippen LogP contribution in [0.3, 0.4) is 0 Å². The number of alkyl halides is 1. The molecule has 0 unspecified atom stereocenters. The third kappa shape index (κ3) is 1.79. The monoisotopic (exact) mass is 229 g/mol. The van der Waals surface area contributed by atoms with Crippen LogP contribution in [0.1, 0.15) is 29.6 Å². The van der Waals surface area contributed by atoms with E-state index in [1.54, 1.807) is 0 Å². The van der Waals surface area contributed by atoms with E-state index in [0.717, 1.165) is 24.8 Å². The van der Waals surface area contributed by atoms with Crippen molar-refractivity contribution in [1.82, 2.24) is 5.32 Å². The third-order valence-corrected chi connectivity index (χ3v) is 3.92. The molecule has 1 amide bonds. The Labute approximate surface area is 92.3 Å². The lowest BCUT2D eigenvalue weighted by atomic mass is 9.78. The van der Waals surface area contributed by atoms with Gasteiger partial charge in [-0.3, -0.25) is 4.79 Å². The number of hydrogen-bond acceptors (Lipinski definition) is 2. The molecular formula is C10H12ClNOS. The molecule has 1 aromatic heterocycles. The smallest absolute Gasteiger partial charge is 0.252 e. The van der Waals surface area contributed by atoms with Crippen molar-refractivity contribution in [3.8, 4) is 0 Å². The van der Waals surface area contributed by atoms with E-state index in [2.05, 4.69) is 5.32 Å². The van der Waals surface area contributed by atoms with Gasteiger partial charge in [-0.25, -0.2) is 0 Å². The standard InChI is InChI=1S/C10H12ClNOS/c11-7-10(3-1-4-10)12-9(13)8-2-5-14-6-8/h2,5-6H,1,3-4,7H2,(H,12,13). The van der Waals surface area contributed by atoms with E-state index in [0.29, 0.717) is 5.88 Å². The van der Waals surface area contributed by atoms with Crippen LogP contribution in [0.25, 0.3) is 0 Å². The molecule has 0 spiro atoms. The topological polar surface area (TPSA) is 29.1 Å². The number of halogens is 1. The van der Waals surface area contributed by atoms with Gasteiger partial charge in [0.05, 0.1) is 11.1 Å². The molecule has 0 aromatic carbocycles. The van der Waals surface area contributed by atoms with Crippen molar-refractivity contribution in [2.45, 2.75) is 24.8 Å².